The lowest BCUT2D eigenvalue weighted by molar-refractivity contribution is 0.551. The van der Waals surface area contributed by atoms with Crippen LogP contribution in [0.25, 0.3) is 16.6 Å². The number of rotatable bonds is 2. The first-order valence-corrected chi connectivity index (χ1v) is 7.50. The highest BCUT2D eigenvalue weighted by Gasteiger charge is 2.34. The highest BCUT2D eigenvalue weighted by Crippen LogP contribution is 2.44. The zero-order valence-corrected chi connectivity index (χ0v) is 12.0. The molecule has 1 heterocycles. The van der Waals surface area contributed by atoms with Gasteiger partial charge in [0.25, 0.3) is 0 Å². The van der Waals surface area contributed by atoms with E-state index < -0.39 is 0 Å². The van der Waals surface area contributed by atoms with Gasteiger partial charge >= 0.3 is 0 Å². The number of nitrogens with zero attached hydrogens (tertiary/aromatic N) is 2. The van der Waals surface area contributed by atoms with Crippen LogP contribution in [0.4, 0.5) is 0 Å². The van der Waals surface area contributed by atoms with E-state index in [1.165, 1.54) is 18.4 Å². The SMILES string of the molecule is Cc1ccc2nc(/C(C#N)=C/[C@@H]3C[C@H]4C=C[C@H]3C4)[nH]c2c1. The lowest BCUT2D eigenvalue weighted by Gasteiger charge is -2.13. The van der Waals surface area contributed by atoms with Crippen LogP contribution in [-0.4, -0.2) is 9.97 Å². The second-order valence-corrected chi connectivity index (χ2v) is 6.24. The average Bonchev–Trinajstić information content (AvgIpc) is 3.18. The predicted molar refractivity (Wildman–Crippen MR) is 83.3 cm³/mol. The molecule has 0 spiro atoms. The first-order chi connectivity index (χ1) is 10.2. The number of H-pyrrole nitrogens is 1. The Morgan fingerprint density at radius 1 is 1.38 bits per heavy atom. The summed E-state index contributed by atoms with van der Waals surface area (Å²) >= 11 is 0. The fraction of sp³-hybridized carbons (Fsp3) is 0.333. The maximum absolute atomic E-state index is 9.49. The van der Waals surface area contributed by atoms with Crippen LogP contribution in [0.2, 0.25) is 0 Å². The Morgan fingerprint density at radius 3 is 3.00 bits per heavy atom. The Morgan fingerprint density at radius 2 is 2.29 bits per heavy atom. The third-order valence-corrected chi connectivity index (χ3v) is 4.72. The summed E-state index contributed by atoms with van der Waals surface area (Å²) in [7, 11) is 0. The summed E-state index contributed by atoms with van der Waals surface area (Å²) in [5.41, 5.74) is 3.79. The molecule has 2 bridgehead atoms. The molecule has 0 amide bonds. The number of hydrogen-bond acceptors (Lipinski definition) is 2. The molecule has 3 nitrogen and oxygen atoms in total. The molecule has 0 saturated heterocycles. The standard InChI is InChI=1S/C18H17N3/c1-11-2-5-16-17(6-11)21-18(20-16)15(10-19)9-14-8-12-3-4-13(14)7-12/h2-6,9,12-14H,7-8H2,1H3,(H,20,21)/b15-9+/t12-,13-,14-/m0/s1. The van der Waals surface area contributed by atoms with Gasteiger partial charge in [-0.1, -0.05) is 24.3 Å². The van der Waals surface area contributed by atoms with Crippen LogP contribution >= 0.6 is 0 Å². The van der Waals surface area contributed by atoms with Crippen LogP contribution in [0.5, 0.6) is 0 Å². The largest absolute Gasteiger partial charge is 0.337 e. The van der Waals surface area contributed by atoms with Gasteiger partial charge in [0, 0.05) is 0 Å². The van der Waals surface area contributed by atoms with Crippen molar-refractivity contribution in [2.24, 2.45) is 17.8 Å². The van der Waals surface area contributed by atoms with Crippen LogP contribution in [0.15, 0.2) is 36.4 Å². The summed E-state index contributed by atoms with van der Waals surface area (Å²) in [6, 6.07) is 8.44. The molecule has 4 rings (SSSR count). The van der Waals surface area contributed by atoms with E-state index in [0.29, 0.717) is 23.2 Å². The van der Waals surface area contributed by atoms with Crippen LogP contribution < -0.4 is 0 Å². The fourth-order valence-electron chi connectivity index (χ4n) is 3.65. The van der Waals surface area contributed by atoms with E-state index >= 15 is 0 Å². The Balaban J connectivity index is 1.71. The Bertz CT molecular complexity index is 803. The number of fused-ring (bicyclic) bond motifs is 3. The highest BCUT2D eigenvalue weighted by atomic mass is 14.9. The topological polar surface area (TPSA) is 52.5 Å². The molecule has 3 heteroatoms. The molecule has 21 heavy (non-hydrogen) atoms. The van der Waals surface area contributed by atoms with Gasteiger partial charge in [0.15, 0.2) is 0 Å². The van der Waals surface area contributed by atoms with E-state index in [4.69, 9.17) is 0 Å². The molecule has 1 aromatic heterocycles. The number of aromatic amines is 1. The van der Waals surface area contributed by atoms with Crippen molar-refractivity contribution in [3.63, 3.8) is 0 Å². The monoisotopic (exact) mass is 275 g/mol. The number of imidazole rings is 1. The number of aryl methyl sites for hydroxylation is 1. The molecule has 104 valence electrons. The van der Waals surface area contributed by atoms with Gasteiger partial charge in [-0.05, 0) is 55.2 Å². The molecule has 2 aliphatic carbocycles. The highest BCUT2D eigenvalue weighted by molar-refractivity contribution is 5.82. The van der Waals surface area contributed by atoms with Crippen molar-refractivity contribution in [3.8, 4) is 6.07 Å². The molecule has 1 aromatic carbocycles. The van der Waals surface area contributed by atoms with Gasteiger partial charge in [-0.15, -0.1) is 0 Å². The Hall–Kier alpha value is -2.34. The van der Waals surface area contributed by atoms with Gasteiger partial charge in [-0.2, -0.15) is 5.26 Å². The lowest BCUT2D eigenvalue weighted by atomic mass is 9.91. The first-order valence-electron chi connectivity index (χ1n) is 7.50. The number of aromatic nitrogens is 2. The second kappa shape index (κ2) is 4.60. The van der Waals surface area contributed by atoms with Crippen molar-refractivity contribution in [3.05, 3.63) is 47.8 Å². The Kier molecular flexibility index (Phi) is 2.71. The molecule has 1 N–H and O–H groups in total. The van der Waals surface area contributed by atoms with Crippen molar-refractivity contribution >= 4 is 16.6 Å². The molecule has 2 aliphatic rings. The second-order valence-electron chi connectivity index (χ2n) is 6.24. The number of nitriles is 1. The fourth-order valence-corrected chi connectivity index (χ4v) is 3.65. The third kappa shape index (κ3) is 2.08. The van der Waals surface area contributed by atoms with Gasteiger partial charge in [0.1, 0.15) is 11.9 Å². The molecule has 1 fully saturated rings. The van der Waals surface area contributed by atoms with Gasteiger partial charge < -0.3 is 4.98 Å². The van der Waals surface area contributed by atoms with Crippen LogP contribution in [0.1, 0.15) is 24.2 Å². The molecule has 0 unspecified atom stereocenters. The molecule has 0 aliphatic heterocycles. The van der Waals surface area contributed by atoms with Crippen molar-refractivity contribution in [2.45, 2.75) is 19.8 Å². The van der Waals surface area contributed by atoms with E-state index in [9.17, 15) is 5.26 Å². The predicted octanol–water partition coefficient (Wildman–Crippen LogP) is 3.99. The number of benzene rings is 1. The molecule has 1 saturated carbocycles. The number of hydrogen-bond donors (Lipinski definition) is 1. The zero-order valence-electron chi connectivity index (χ0n) is 12.0. The van der Waals surface area contributed by atoms with E-state index in [-0.39, 0.29) is 0 Å². The van der Waals surface area contributed by atoms with E-state index in [1.54, 1.807) is 0 Å². The normalized spacial score (nSPS) is 27.4. The van der Waals surface area contributed by atoms with Gasteiger partial charge in [0.05, 0.1) is 16.6 Å². The minimum atomic E-state index is 0.490. The van der Waals surface area contributed by atoms with Crippen LogP contribution in [-0.2, 0) is 0 Å². The third-order valence-electron chi connectivity index (χ3n) is 4.72. The maximum atomic E-state index is 9.49. The molecule has 2 aromatic rings. The summed E-state index contributed by atoms with van der Waals surface area (Å²) in [4.78, 5) is 7.85. The lowest BCUT2D eigenvalue weighted by Crippen LogP contribution is -2.04. The quantitative estimate of drug-likeness (QED) is 0.665. The summed E-state index contributed by atoms with van der Waals surface area (Å²) in [6.45, 7) is 2.06. The number of allylic oxidation sites excluding steroid dienone is 4. The van der Waals surface area contributed by atoms with Crippen LogP contribution in [0, 0.1) is 36.0 Å². The maximum Gasteiger partial charge on any atom is 0.148 e. The van der Waals surface area contributed by atoms with Gasteiger partial charge in [0.2, 0.25) is 0 Å². The summed E-state index contributed by atoms with van der Waals surface area (Å²) in [5.74, 6) is 2.52. The summed E-state index contributed by atoms with van der Waals surface area (Å²) in [5, 5.41) is 9.49. The molecular weight excluding hydrogens is 258 g/mol. The van der Waals surface area contributed by atoms with Crippen molar-refractivity contribution in [1.82, 2.24) is 9.97 Å². The van der Waals surface area contributed by atoms with Crippen LogP contribution in [0.3, 0.4) is 0 Å². The zero-order chi connectivity index (χ0) is 14.4. The van der Waals surface area contributed by atoms with Crippen molar-refractivity contribution < 1.29 is 0 Å². The average molecular weight is 275 g/mol. The van der Waals surface area contributed by atoms with E-state index in [0.717, 1.165) is 17.0 Å². The molecule has 0 radical (unpaired) electrons. The molecular formula is C18H17N3. The Labute approximate surface area is 124 Å². The summed E-state index contributed by atoms with van der Waals surface area (Å²) < 4.78 is 0. The van der Waals surface area contributed by atoms with Crippen molar-refractivity contribution in [1.29, 1.82) is 5.26 Å². The minimum Gasteiger partial charge on any atom is -0.337 e. The number of nitrogens with one attached hydrogen (secondary N) is 1. The first kappa shape index (κ1) is 12.4. The summed E-state index contributed by atoms with van der Waals surface area (Å²) in [6.07, 6.45) is 9.18. The van der Waals surface area contributed by atoms with E-state index in [2.05, 4.69) is 47.3 Å². The minimum absolute atomic E-state index is 0.490. The van der Waals surface area contributed by atoms with Crippen molar-refractivity contribution in [2.75, 3.05) is 0 Å². The van der Waals surface area contributed by atoms with E-state index in [1.807, 2.05) is 12.1 Å². The smallest absolute Gasteiger partial charge is 0.148 e. The van der Waals surface area contributed by atoms with Gasteiger partial charge in [-0.3, -0.25) is 0 Å². The molecule has 3 atom stereocenters. The van der Waals surface area contributed by atoms with Gasteiger partial charge in [-0.25, -0.2) is 4.98 Å².